The molecule has 0 amide bonds. The molecule has 2 spiro atoms. The van der Waals surface area contributed by atoms with E-state index in [-0.39, 0.29) is 0 Å². The van der Waals surface area contributed by atoms with Crippen LogP contribution in [0.5, 0.6) is 0 Å². The first-order chi connectivity index (χ1) is 13.9. The summed E-state index contributed by atoms with van der Waals surface area (Å²) in [7, 11) is 0. The van der Waals surface area contributed by atoms with E-state index in [1.165, 1.54) is 57.8 Å². The van der Waals surface area contributed by atoms with Crippen LogP contribution in [-0.4, -0.2) is 11.1 Å². The number of carbonyl (C=O) groups is 1. The van der Waals surface area contributed by atoms with Crippen molar-refractivity contribution in [1.29, 1.82) is 0 Å². The van der Waals surface area contributed by atoms with Crippen molar-refractivity contribution in [1.82, 2.24) is 0 Å². The smallest absolute Gasteiger partial charge is 0.303 e. The Hall–Kier alpha value is -0.530. The second-order valence-electron chi connectivity index (χ2n) is 13.8. The lowest BCUT2D eigenvalue weighted by atomic mass is 9.41. The number of aliphatic carboxylic acids is 1. The zero-order valence-electron chi connectivity index (χ0n) is 20.5. The molecule has 0 bridgehead atoms. The Morgan fingerprint density at radius 2 is 1.57 bits per heavy atom. The van der Waals surface area contributed by atoms with Gasteiger partial charge in [0.1, 0.15) is 0 Å². The number of hydrogen-bond donors (Lipinski definition) is 1. The summed E-state index contributed by atoms with van der Waals surface area (Å²) < 4.78 is 0. The van der Waals surface area contributed by atoms with E-state index in [9.17, 15) is 9.90 Å². The molecule has 9 atom stereocenters. The zero-order valence-corrected chi connectivity index (χ0v) is 20.5. The molecule has 170 valence electrons. The summed E-state index contributed by atoms with van der Waals surface area (Å²) in [5.74, 6) is 3.38. The van der Waals surface area contributed by atoms with Crippen LogP contribution in [0.15, 0.2) is 0 Å². The molecule has 0 aromatic heterocycles. The van der Waals surface area contributed by atoms with Gasteiger partial charge in [-0.1, -0.05) is 41.5 Å². The molecule has 1 N–H and O–H groups in total. The van der Waals surface area contributed by atoms with Crippen molar-refractivity contribution in [3.05, 3.63) is 0 Å². The van der Waals surface area contributed by atoms with Crippen LogP contribution in [-0.2, 0) is 4.79 Å². The van der Waals surface area contributed by atoms with Crippen molar-refractivity contribution in [2.45, 2.75) is 112 Å². The average Bonchev–Trinajstić information content (AvgIpc) is 3.26. The summed E-state index contributed by atoms with van der Waals surface area (Å²) in [5.41, 5.74) is 2.71. The van der Waals surface area contributed by atoms with Gasteiger partial charge < -0.3 is 5.11 Å². The van der Waals surface area contributed by atoms with Gasteiger partial charge in [-0.15, -0.1) is 0 Å². The lowest BCUT2D eigenvalue weighted by Gasteiger charge is -2.63. The van der Waals surface area contributed by atoms with E-state index in [0.717, 1.165) is 30.1 Å². The van der Waals surface area contributed by atoms with E-state index in [1.54, 1.807) is 0 Å². The Morgan fingerprint density at radius 1 is 0.900 bits per heavy atom. The predicted molar refractivity (Wildman–Crippen MR) is 122 cm³/mol. The SMILES string of the molecule is C[C@H](CCC(=O)O)[C@H]1CC[C@@]2(C)[C@@H]3CC[C@H]4C(C)(C)[C@@H](C)CCC45C[C@@]35CC[C@]12C. The Labute approximate surface area is 185 Å². The topological polar surface area (TPSA) is 37.3 Å². The van der Waals surface area contributed by atoms with Crippen molar-refractivity contribution >= 4 is 5.97 Å². The molecule has 0 aliphatic heterocycles. The number of rotatable bonds is 4. The summed E-state index contributed by atoms with van der Waals surface area (Å²) >= 11 is 0. The highest BCUT2D eigenvalue weighted by molar-refractivity contribution is 5.66. The normalized spacial score (nSPS) is 54.3. The molecule has 0 saturated heterocycles. The van der Waals surface area contributed by atoms with Gasteiger partial charge in [-0.25, -0.2) is 0 Å². The standard InChI is InChI=1S/C28H46O2/c1-18(7-10-23(29)30)20-12-13-26(6)22-9-8-21-24(3,4)19(2)11-14-27(21)17-28(22,27)16-15-25(20,26)5/h18-22H,7-17H2,1-6H3,(H,29,30)/t18-,19+,20-,21+,22+,25-,26+,27?,28+/m1/s1. The molecule has 2 heteroatoms. The van der Waals surface area contributed by atoms with Crippen LogP contribution in [0.2, 0.25) is 0 Å². The van der Waals surface area contributed by atoms with Gasteiger partial charge >= 0.3 is 5.97 Å². The van der Waals surface area contributed by atoms with Gasteiger partial charge in [-0.2, -0.15) is 0 Å². The fourth-order valence-electron chi connectivity index (χ4n) is 11.0. The van der Waals surface area contributed by atoms with E-state index in [4.69, 9.17) is 0 Å². The van der Waals surface area contributed by atoms with E-state index in [1.807, 2.05) is 0 Å². The third-order valence-corrected chi connectivity index (χ3v) is 13.2. The van der Waals surface area contributed by atoms with Crippen LogP contribution in [0.4, 0.5) is 0 Å². The zero-order chi connectivity index (χ0) is 21.7. The van der Waals surface area contributed by atoms with E-state index in [0.29, 0.717) is 39.4 Å². The summed E-state index contributed by atoms with van der Waals surface area (Å²) in [6.07, 6.45) is 14.2. The van der Waals surface area contributed by atoms with Gasteiger partial charge in [0.2, 0.25) is 0 Å². The minimum Gasteiger partial charge on any atom is -0.481 e. The minimum absolute atomic E-state index is 0.343. The van der Waals surface area contributed by atoms with Gasteiger partial charge in [0.05, 0.1) is 0 Å². The Kier molecular flexibility index (Phi) is 4.47. The van der Waals surface area contributed by atoms with Crippen LogP contribution in [0.1, 0.15) is 112 Å². The molecule has 30 heavy (non-hydrogen) atoms. The van der Waals surface area contributed by atoms with Crippen LogP contribution in [0.25, 0.3) is 0 Å². The van der Waals surface area contributed by atoms with Gasteiger partial charge in [-0.3, -0.25) is 4.79 Å². The van der Waals surface area contributed by atoms with Crippen LogP contribution < -0.4 is 0 Å². The Balaban J connectivity index is 1.44. The van der Waals surface area contributed by atoms with E-state index >= 15 is 0 Å². The first-order valence-electron chi connectivity index (χ1n) is 13.2. The predicted octanol–water partition coefficient (Wildman–Crippen LogP) is 7.56. The van der Waals surface area contributed by atoms with Gasteiger partial charge in [0.15, 0.2) is 0 Å². The van der Waals surface area contributed by atoms with Crippen LogP contribution >= 0.6 is 0 Å². The average molecular weight is 415 g/mol. The molecule has 5 aliphatic carbocycles. The Bertz CT molecular complexity index is 741. The largest absolute Gasteiger partial charge is 0.481 e. The summed E-state index contributed by atoms with van der Waals surface area (Å²) in [5, 5.41) is 9.22. The third kappa shape index (κ3) is 2.35. The number of hydrogen-bond acceptors (Lipinski definition) is 1. The second kappa shape index (κ2) is 6.28. The lowest BCUT2D eigenvalue weighted by Crippen LogP contribution is -2.56. The van der Waals surface area contributed by atoms with Crippen LogP contribution in [0, 0.1) is 56.7 Å². The molecule has 2 nitrogen and oxygen atoms in total. The summed E-state index contributed by atoms with van der Waals surface area (Å²) in [4.78, 5) is 11.2. The molecule has 0 aromatic carbocycles. The van der Waals surface area contributed by atoms with Crippen LogP contribution in [0.3, 0.4) is 0 Å². The first-order valence-corrected chi connectivity index (χ1v) is 13.2. The van der Waals surface area contributed by atoms with Crippen molar-refractivity contribution < 1.29 is 9.90 Å². The number of fused-ring (bicyclic) bond motifs is 2. The first kappa shape index (κ1) is 21.3. The minimum atomic E-state index is -0.622. The fourth-order valence-corrected chi connectivity index (χ4v) is 11.0. The van der Waals surface area contributed by atoms with Crippen molar-refractivity contribution in [3.8, 4) is 0 Å². The van der Waals surface area contributed by atoms with E-state index in [2.05, 4.69) is 41.5 Å². The molecule has 5 fully saturated rings. The second-order valence-corrected chi connectivity index (χ2v) is 13.8. The maximum absolute atomic E-state index is 11.2. The highest BCUT2D eigenvalue weighted by Gasteiger charge is 2.81. The molecule has 1 unspecified atom stereocenters. The van der Waals surface area contributed by atoms with Crippen molar-refractivity contribution in [2.75, 3.05) is 0 Å². The number of carboxylic acids is 1. The van der Waals surface area contributed by atoms with Gasteiger partial charge in [0.25, 0.3) is 0 Å². The highest BCUT2D eigenvalue weighted by atomic mass is 16.4. The fraction of sp³-hybridized carbons (Fsp3) is 0.964. The monoisotopic (exact) mass is 414 g/mol. The van der Waals surface area contributed by atoms with Crippen molar-refractivity contribution in [2.24, 2.45) is 56.7 Å². The van der Waals surface area contributed by atoms with Gasteiger partial charge in [0, 0.05) is 6.42 Å². The number of carboxylic acid groups (broad SMARTS) is 1. The highest BCUT2D eigenvalue weighted by Crippen LogP contribution is 2.89. The lowest BCUT2D eigenvalue weighted by molar-refractivity contribution is -0.150. The summed E-state index contributed by atoms with van der Waals surface area (Å²) in [6.45, 7) is 15.4. The van der Waals surface area contributed by atoms with Gasteiger partial charge in [-0.05, 0) is 121 Å². The summed E-state index contributed by atoms with van der Waals surface area (Å²) in [6, 6.07) is 0. The molecular formula is C28H46O2. The molecule has 0 aromatic rings. The molecule has 0 radical (unpaired) electrons. The maximum Gasteiger partial charge on any atom is 0.303 e. The van der Waals surface area contributed by atoms with Crippen molar-refractivity contribution in [3.63, 3.8) is 0 Å². The molecular weight excluding hydrogens is 368 g/mol. The van der Waals surface area contributed by atoms with E-state index < -0.39 is 5.97 Å². The molecule has 0 heterocycles. The molecule has 5 saturated carbocycles. The Morgan fingerprint density at radius 3 is 2.27 bits per heavy atom. The molecule has 5 rings (SSSR count). The molecule has 5 aliphatic rings. The maximum atomic E-state index is 11.2. The quantitative estimate of drug-likeness (QED) is 0.515. The third-order valence-electron chi connectivity index (χ3n) is 13.2.